The van der Waals surface area contributed by atoms with Crippen molar-refractivity contribution in [3.8, 4) is 0 Å². The van der Waals surface area contributed by atoms with E-state index in [1.165, 1.54) is 18.4 Å². The molecule has 3 rings (SSSR count). The quantitative estimate of drug-likeness (QED) is 0.813. The summed E-state index contributed by atoms with van der Waals surface area (Å²) in [5.41, 5.74) is 7.01. The van der Waals surface area contributed by atoms with Crippen LogP contribution in [0.5, 0.6) is 0 Å². The molecule has 1 aromatic carbocycles. The molecule has 1 heterocycles. The van der Waals surface area contributed by atoms with Gasteiger partial charge < -0.3 is 5.73 Å². The number of nitrogens with two attached hydrogens (primary N) is 1. The fourth-order valence-corrected chi connectivity index (χ4v) is 2.36. The Morgan fingerprint density at radius 1 is 1.20 bits per heavy atom. The van der Waals surface area contributed by atoms with Crippen LogP contribution in [0, 0.1) is 0 Å². The van der Waals surface area contributed by atoms with E-state index in [-0.39, 0.29) is 0 Å². The molecule has 2 N–H and O–H groups in total. The lowest BCUT2D eigenvalue weighted by atomic mass is 10.2. The van der Waals surface area contributed by atoms with Crippen LogP contribution >= 0.6 is 0 Å². The average molecular weight is 272 g/mol. The molecule has 1 aliphatic rings. The second kappa shape index (κ2) is 6.11. The molecule has 0 radical (unpaired) electrons. The number of aromatic nitrogens is 4. The number of tetrazole rings is 1. The van der Waals surface area contributed by atoms with Crippen molar-refractivity contribution < 1.29 is 0 Å². The monoisotopic (exact) mass is 272 g/mol. The van der Waals surface area contributed by atoms with Gasteiger partial charge in [-0.2, -0.15) is 0 Å². The number of hydrogen-bond acceptors (Lipinski definition) is 5. The highest BCUT2D eigenvalue weighted by atomic mass is 15.6. The van der Waals surface area contributed by atoms with Gasteiger partial charge in [-0.05, 0) is 28.8 Å². The Kier molecular flexibility index (Phi) is 4.03. The van der Waals surface area contributed by atoms with Gasteiger partial charge in [0.15, 0.2) is 5.82 Å². The highest BCUT2D eigenvalue weighted by Gasteiger charge is 2.28. The van der Waals surface area contributed by atoms with Gasteiger partial charge >= 0.3 is 0 Å². The third kappa shape index (κ3) is 3.20. The minimum Gasteiger partial charge on any atom is -0.329 e. The predicted molar refractivity (Wildman–Crippen MR) is 75.7 cm³/mol. The Morgan fingerprint density at radius 3 is 2.70 bits per heavy atom. The van der Waals surface area contributed by atoms with Gasteiger partial charge in [0.1, 0.15) is 0 Å². The van der Waals surface area contributed by atoms with Crippen molar-refractivity contribution in [3.05, 3.63) is 41.7 Å². The zero-order chi connectivity index (χ0) is 13.8. The summed E-state index contributed by atoms with van der Waals surface area (Å²) in [5, 5.41) is 12.1. The van der Waals surface area contributed by atoms with E-state index in [9.17, 15) is 0 Å². The molecule has 0 saturated heterocycles. The van der Waals surface area contributed by atoms with Crippen LogP contribution in [0.15, 0.2) is 30.3 Å². The first-order chi connectivity index (χ1) is 9.86. The smallest absolute Gasteiger partial charge is 0.165 e. The van der Waals surface area contributed by atoms with Crippen LogP contribution < -0.4 is 5.73 Å². The normalized spacial score (nSPS) is 14.9. The van der Waals surface area contributed by atoms with Gasteiger partial charge in [-0.1, -0.05) is 30.3 Å². The number of hydrogen-bond donors (Lipinski definition) is 1. The van der Waals surface area contributed by atoms with E-state index in [0.29, 0.717) is 12.6 Å². The van der Waals surface area contributed by atoms with Crippen LogP contribution in [-0.2, 0) is 13.1 Å². The van der Waals surface area contributed by atoms with Crippen molar-refractivity contribution in [2.75, 3.05) is 13.1 Å². The zero-order valence-corrected chi connectivity index (χ0v) is 11.5. The third-order valence-electron chi connectivity index (χ3n) is 3.51. The molecule has 1 fully saturated rings. The third-order valence-corrected chi connectivity index (χ3v) is 3.51. The fourth-order valence-electron chi connectivity index (χ4n) is 2.36. The number of rotatable bonds is 7. The summed E-state index contributed by atoms with van der Waals surface area (Å²) in [5.74, 6) is 0.942. The van der Waals surface area contributed by atoms with Gasteiger partial charge in [-0.25, -0.2) is 4.68 Å². The van der Waals surface area contributed by atoms with Gasteiger partial charge in [-0.15, -0.1) is 5.10 Å². The molecule has 1 aromatic heterocycles. The van der Waals surface area contributed by atoms with E-state index < -0.39 is 0 Å². The van der Waals surface area contributed by atoms with Crippen molar-refractivity contribution in [1.82, 2.24) is 25.1 Å². The van der Waals surface area contributed by atoms with E-state index in [1.807, 2.05) is 10.7 Å². The maximum atomic E-state index is 5.72. The molecule has 20 heavy (non-hydrogen) atoms. The molecule has 0 amide bonds. The Morgan fingerprint density at radius 2 is 2.00 bits per heavy atom. The molecule has 106 valence electrons. The summed E-state index contributed by atoms with van der Waals surface area (Å²) in [6.07, 6.45) is 2.38. The van der Waals surface area contributed by atoms with Crippen LogP contribution in [0.25, 0.3) is 0 Å². The molecule has 2 aromatic rings. The van der Waals surface area contributed by atoms with Crippen molar-refractivity contribution >= 4 is 0 Å². The maximum absolute atomic E-state index is 5.72. The standard InChI is InChI=1S/C14H20N6/c15-8-9-19(10-12-4-2-1-3-5-12)11-14-16-17-18-20(14)13-6-7-13/h1-5,13H,6-11,15H2. The SMILES string of the molecule is NCCN(Cc1ccccc1)Cc1nnnn1C1CC1. The minimum atomic E-state index is 0.511. The van der Waals surface area contributed by atoms with Gasteiger partial charge in [0.05, 0.1) is 12.6 Å². The minimum absolute atomic E-state index is 0.511. The fraction of sp³-hybridized carbons (Fsp3) is 0.500. The van der Waals surface area contributed by atoms with Crippen LogP contribution in [0.3, 0.4) is 0 Å². The van der Waals surface area contributed by atoms with Gasteiger partial charge in [0.25, 0.3) is 0 Å². The lowest BCUT2D eigenvalue weighted by molar-refractivity contribution is 0.252. The molecule has 0 spiro atoms. The molecule has 0 atom stereocenters. The summed E-state index contributed by atoms with van der Waals surface area (Å²) in [4.78, 5) is 2.29. The van der Waals surface area contributed by atoms with Crippen LogP contribution in [0.4, 0.5) is 0 Å². The van der Waals surface area contributed by atoms with E-state index in [2.05, 4.69) is 44.7 Å². The molecule has 1 saturated carbocycles. The van der Waals surface area contributed by atoms with Crippen LogP contribution in [0.1, 0.15) is 30.3 Å². The zero-order valence-electron chi connectivity index (χ0n) is 11.5. The predicted octanol–water partition coefficient (Wildman–Crippen LogP) is 0.969. The highest BCUT2D eigenvalue weighted by molar-refractivity contribution is 5.14. The lowest BCUT2D eigenvalue weighted by Crippen LogP contribution is -2.30. The second-order valence-corrected chi connectivity index (χ2v) is 5.26. The Bertz CT molecular complexity index is 534. The molecule has 0 bridgehead atoms. The molecule has 6 heteroatoms. The highest BCUT2D eigenvalue weighted by Crippen LogP contribution is 2.34. The van der Waals surface area contributed by atoms with Crippen LogP contribution in [0.2, 0.25) is 0 Å². The Hall–Kier alpha value is -1.79. The molecular weight excluding hydrogens is 252 g/mol. The van der Waals surface area contributed by atoms with Crippen molar-refractivity contribution in [2.45, 2.75) is 32.0 Å². The largest absolute Gasteiger partial charge is 0.329 e. The van der Waals surface area contributed by atoms with Crippen molar-refractivity contribution in [2.24, 2.45) is 5.73 Å². The Balaban J connectivity index is 1.68. The first-order valence-electron chi connectivity index (χ1n) is 7.10. The summed E-state index contributed by atoms with van der Waals surface area (Å²) in [6.45, 7) is 3.09. The van der Waals surface area contributed by atoms with Gasteiger partial charge in [0, 0.05) is 19.6 Å². The van der Waals surface area contributed by atoms with Crippen molar-refractivity contribution in [1.29, 1.82) is 0 Å². The topological polar surface area (TPSA) is 72.9 Å². The number of benzene rings is 1. The van der Waals surface area contributed by atoms with Gasteiger partial charge in [-0.3, -0.25) is 4.90 Å². The molecule has 0 unspecified atom stereocenters. The number of nitrogens with zero attached hydrogens (tertiary/aromatic N) is 5. The average Bonchev–Trinajstić information content (AvgIpc) is 3.21. The Labute approximate surface area is 118 Å². The molecule has 6 nitrogen and oxygen atoms in total. The first-order valence-corrected chi connectivity index (χ1v) is 7.10. The van der Waals surface area contributed by atoms with Gasteiger partial charge in [0.2, 0.25) is 0 Å². The van der Waals surface area contributed by atoms with E-state index >= 15 is 0 Å². The van der Waals surface area contributed by atoms with E-state index in [1.54, 1.807) is 0 Å². The molecular formula is C14H20N6. The second-order valence-electron chi connectivity index (χ2n) is 5.26. The maximum Gasteiger partial charge on any atom is 0.165 e. The van der Waals surface area contributed by atoms with E-state index in [4.69, 9.17) is 5.73 Å². The van der Waals surface area contributed by atoms with Crippen LogP contribution in [-0.4, -0.2) is 38.2 Å². The van der Waals surface area contributed by atoms with Crippen molar-refractivity contribution in [3.63, 3.8) is 0 Å². The molecule has 1 aliphatic carbocycles. The molecule has 0 aliphatic heterocycles. The summed E-state index contributed by atoms with van der Waals surface area (Å²) < 4.78 is 1.97. The summed E-state index contributed by atoms with van der Waals surface area (Å²) >= 11 is 0. The first kappa shape index (κ1) is 13.2. The lowest BCUT2D eigenvalue weighted by Gasteiger charge is -2.21. The summed E-state index contributed by atoms with van der Waals surface area (Å²) in [6, 6.07) is 10.9. The van der Waals surface area contributed by atoms with E-state index in [0.717, 1.165) is 25.5 Å². The summed E-state index contributed by atoms with van der Waals surface area (Å²) in [7, 11) is 0.